The zero-order valence-electron chi connectivity index (χ0n) is 10.3. The first-order valence-electron chi connectivity index (χ1n) is 5.36. The fraction of sp³-hybridized carbons (Fsp3) is 0.417. The van der Waals surface area contributed by atoms with Crippen molar-refractivity contribution in [2.75, 3.05) is 20.8 Å². The molecule has 0 fully saturated rings. The predicted octanol–water partition coefficient (Wildman–Crippen LogP) is 0.781. The maximum absolute atomic E-state index is 12.0. The van der Waals surface area contributed by atoms with E-state index in [1.807, 2.05) is 6.92 Å². The topological polar surface area (TPSA) is 73.6 Å². The molecule has 5 nitrogen and oxygen atoms in total. The molecule has 0 unspecified atom stereocenters. The molecule has 0 heterocycles. The molecule has 94 valence electrons. The van der Waals surface area contributed by atoms with E-state index in [1.54, 1.807) is 18.2 Å². The van der Waals surface area contributed by atoms with E-state index in [0.29, 0.717) is 23.6 Å². The van der Waals surface area contributed by atoms with Gasteiger partial charge in [0.15, 0.2) is 0 Å². The minimum absolute atomic E-state index is 0.0999. The molecule has 17 heavy (non-hydrogen) atoms. The maximum Gasteiger partial charge on any atom is 0.259 e. The summed E-state index contributed by atoms with van der Waals surface area (Å²) in [5.41, 5.74) is 5.85. The molecule has 1 aromatic rings. The van der Waals surface area contributed by atoms with E-state index in [9.17, 15) is 4.79 Å². The van der Waals surface area contributed by atoms with Gasteiger partial charge in [-0.05, 0) is 19.1 Å². The summed E-state index contributed by atoms with van der Waals surface area (Å²) in [5, 5.41) is 2.77. The largest absolute Gasteiger partial charge is 0.496 e. The van der Waals surface area contributed by atoms with Gasteiger partial charge in [0.1, 0.15) is 17.1 Å². The van der Waals surface area contributed by atoms with E-state index in [2.05, 4.69) is 5.32 Å². The number of benzene rings is 1. The Balaban J connectivity index is 3.05. The number of nitrogens with two attached hydrogens (primary N) is 1. The van der Waals surface area contributed by atoms with Gasteiger partial charge in [0, 0.05) is 12.6 Å². The second-order valence-corrected chi connectivity index (χ2v) is 3.65. The number of methoxy groups -OCH3 is 2. The zero-order chi connectivity index (χ0) is 12.8. The van der Waals surface area contributed by atoms with Crippen molar-refractivity contribution >= 4 is 5.91 Å². The molecule has 0 aliphatic carbocycles. The SMILES string of the molecule is COc1cccc(OC)c1C(=O)N[C@H](C)CN. The molecule has 0 spiro atoms. The Morgan fingerprint density at radius 2 is 1.88 bits per heavy atom. The average Bonchev–Trinajstić information content (AvgIpc) is 2.37. The van der Waals surface area contributed by atoms with Crippen LogP contribution < -0.4 is 20.5 Å². The third-order valence-corrected chi connectivity index (χ3v) is 2.39. The van der Waals surface area contributed by atoms with Crippen LogP contribution in [-0.2, 0) is 0 Å². The summed E-state index contributed by atoms with van der Waals surface area (Å²) < 4.78 is 10.3. The summed E-state index contributed by atoms with van der Waals surface area (Å²) in [6, 6.07) is 5.09. The minimum atomic E-state index is -0.253. The molecule has 1 atom stereocenters. The van der Waals surface area contributed by atoms with Crippen molar-refractivity contribution in [1.82, 2.24) is 5.32 Å². The first-order chi connectivity index (χ1) is 8.13. The molecule has 0 radical (unpaired) electrons. The van der Waals surface area contributed by atoms with Crippen LogP contribution in [-0.4, -0.2) is 32.7 Å². The molecule has 5 heteroatoms. The van der Waals surface area contributed by atoms with Crippen LogP contribution in [0.15, 0.2) is 18.2 Å². The van der Waals surface area contributed by atoms with Crippen molar-refractivity contribution in [3.63, 3.8) is 0 Å². The second kappa shape index (κ2) is 6.10. The number of ether oxygens (including phenoxy) is 2. The third kappa shape index (κ3) is 3.10. The number of carbonyl (C=O) groups is 1. The van der Waals surface area contributed by atoms with Crippen molar-refractivity contribution in [1.29, 1.82) is 0 Å². The van der Waals surface area contributed by atoms with Gasteiger partial charge in [-0.1, -0.05) is 6.07 Å². The van der Waals surface area contributed by atoms with Gasteiger partial charge in [0.25, 0.3) is 5.91 Å². The van der Waals surface area contributed by atoms with Crippen LogP contribution >= 0.6 is 0 Å². The predicted molar refractivity (Wildman–Crippen MR) is 65.5 cm³/mol. The number of carbonyl (C=O) groups excluding carboxylic acids is 1. The minimum Gasteiger partial charge on any atom is -0.496 e. The van der Waals surface area contributed by atoms with Crippen LogP contribution in [0.5, 0.6) is 11.5 Å². The van der Waals surface area contributed by atoms with Gasteiger partial charge in [-0.3, -0.25) is 4.79 Å². The molecule has 0 aliphatic rings. The Hall–Kier alpha value is -1.75. The second-order valence-electron chi connectivity index (χ2n) is 3.65. The quantitative estimate of drug-likeness (QED) is 0.795. The average molecular weight is 238 g/mol. The Morgan fingerprint density at radius 3 is 2.29 bits per heavy atom. The molecule has 0 aliphatic heterocycles. The van der Waals surface area contributed by atoms with Crippen molar-refractivity contribution in [2.45, 2.75) is 13.0 Å². The van der Waals surface area contributed by atoms with E-state index in [1.165, 1.54) is 14.2 Å². The molecule has 1 amide bonds. The van der Waals surface area contributed by atoms with Gasteiger partial charge in [-0.15, -0.1) is 0 Å². The van der Waals surface area contributed by atoms with Crippen LogP contribution in [0.3, 0.4) is 0 Å². The number of amides is 1. The number of hydrogen-bond donors (Lipinski definition) is 2. The number of hydrogen-bond acceptors (Lipinski definition) is 4. The lowest BCUT2D eigenvalue weighted by Crippen LogP contribution is -2.38. The molecule has 3 N–H and O–H groups in total. The van der Waals surface area contributed by atoms with Crippen LogP contribution in [0.2, 0.25) is 0 Å². The highest BCUT2D eigenvalue weighted by molar-refractivity contribution is 5.99. The van der Waals surface area contributed by atoms with Gasteiger partial charge >= 0.3 is 0 Å². The van der Waals surface area contributed by atoms with Gasteiger partial charge < -0.3 is 20.5 Å². The fourth-order valence-electron chi connectivity index (χ4n) is 1.43. The first kappa shape index (κ1) is 13.3. The summed E-state index contributed by atoms with van der Waals surface area (Å²) in [6.07, 6.45) is 0. The highest BCUT2D eigenvalue weighted by Crippen LogP contribution is 2.27. The normalized spacial score (nSPS) is 11.8. The molecular weight excluding hydrogens is 220 g/mol. The Morgan fingerprint density at radius 1 is 1.35 bits per heavy atom. The van der Waals surface area contributed by atoms with Crippen LogP contribution in [0, 0.1) is 0 Å². The first-order valence-corrected chi connectivity index (χ1v) is 5.36. The summed E-state index contributed by atoms with van der Waals surface area (Å²) in [5.74, 6) is 0.703. The van der Waals surface area contributed by atoms with Crippen molar-refractivity contribution < 1.29 is 14.3 Å². The molecule has 0 aromatic heterocycles. The molecular formula is C12H18N2O3. The maximum atomic E-state index is 12.0. The van der Waals surface area contributed by atoms with Gasteiger partial charge in [-0.25, -0.2) is 0 Å². The van der Waals surface area contributed by atoms with Gasteiger partial charge in [0.05, 0.1) is 14.2 Å². The highest BCUT2D eigenvalue weighted by atomic mass is 16.5. The zero-order valence-corrected chi connectivity index (χ0v) is 10.3. The van der Waals surface area contributed by atoms with Crippen LogP contribution in [0.25, 0.3) is 0 Å². The smallest absolute Gasteiger partial charge is 0.259 e. The van der Waals surface area contributed by atoms with E-state index in [0.717, 1.165) is 0 Å². The molecule has 1 aromatic carbocycles. The Kier molecular flexibility index (Phi) is 4.78. The molecule has 0 bridgehead atoms. The lowest BCUT2D eigenvalue weighted by Gasteiger charge is -2.15. The van der Waals surface area contributed by atoms with E-state index in [-0.39, 0.29) is 11.9 Å². The van der Waals surface area contributed by atoms with Gasteiger partial charge in [-0.2, -0.15) is 0 Å². The number of nitrogens with one attached hydrogen (secondary N) is 1. The monoisotopic (exact) mass is 238 g/mol. The van der Waals surface area contributed by atoms with Crippen LogP contribution in [0.4, 0.5) is 0 Å². The molecule has 0 saturated heterocycles. The third-order valence-electron chi connectivity index (χ3n) is 2.39. The summed E-state index contributed by atoms with van der Waals surface area (Å²) in [4.78, 5) is 12.0. The summed E-state index contributed by atoms with van der Waals surface area (Å²) in [7, 11) is 3.02. The lowest BCUT2D eigenvalue weighted by molar-refractivity contribution is 0.0935. The van der Waals surface area contributed by atoms with E-state index in [4.69, 9.17) is 15.2 Å². The molecule has 1 rings (SSSR count). The van der Waals surface area contributed by atoms with Crippen molar-refractivity contribution in [2.24, 2.45) is 5.73 Å². The van der Waals surface area contributed by atoms with Crippen molar-refractivity contribution in [3.05, 3.63) is 23.8 Å². The summed E-state index contributed by atoms with van der Waals surface area (Å²) >= 11 is 0. The Labute approximate surface area is 101 Å². The fourth-order valence-corrected chi connectivity index (χ4v) is 1.43. The highest BCUT2D eigenvalue weighted by Gasteiger charge is 2.18. The van der Waals surface area contributed by atoms with Crippen LogP contribution in [0.1, 0.15) is 17.3 Å². The van der Waals surface area contributed by atoms with E-state index >= 15 is 0 Å². The number of rotatable bonds is 5. The van der Waals surface area contributed by atoms with Crippen molar-refractivity contribution in [3.8, 4) is 11.5 Å². The molecule has 0 saturated carbocycles. The van der Waals surface area contributed by atoms with E-state index < -0.39 is 0 Å². The summed E-state index contributed by atoms with van der Waals surface area (Å²) in [6.45, 7) is 2.21. The van der Waals surface area contributed by atoms with Gasteiger partial charge in [0.2, 0.25) is 0 Å². The lowest BCUT2D eigenvalue weighted by atomic mass is 10.1. The standard InChI is InChI=1S/C12H18N2O3/c1-8(7-13)14-12(15)11-9(16-2)5-4-6-10(11)17-3/h4-6,8H,7,13H2,1-3H3,(H,14,15)/t8-/m1/s1. The Bertz CT molecular complexity index is 371.